The highest BCUT2D eigenvalue weighted by Crippen LogP contribution is 2.38. The SMILES string of the molecule is CC1(Nc2ccc(N)cc2C(F)(F)F)CCS(=O)(=O)C1. The number of anilines is 2. The lowest BCUT2D eigenvalue weighted by Crippen LogP contribution is -2.36. The lowest BCUT2D eigenvalue weighted by Gasteiger charge is -2.27. The molecule has 0 bridgehead atoms. The summed E-state index contributed by atoms with van der Waals surface area (Å²) in [5.41, 5.74) is 3.46. The molecule has 2 rings (SSSR count). The Morgan fingerprint density at radius 1 is 1.35 bits per heavy atom. The molecular formula is C12H15F3N2O2S. The van der Waals surface area contributed by atoms with Crippen LogP contribution >= 0.6 is 0 Å². The molecule has 112 valence electrons. The molecule has 1 aromatic carbocycles. The molecule has 8 heteroatoms. The number of rotatable bonds is 2. The molecule has 1 saturated heterocycles. The zero-order chi connectivity index (χ0) is 15.2. The zero-order valence-electron chi connectivity index (χ0n) is 10.8. The van der Waals surface area contributed by atoms with Gasteiger partial charge in [0, 0.05) is 16.9 Å². The summed E-state index contributed by atoms with van der Waals surface area (Å²) in [4.78, 5) is 0. The van der Waals surface area contributed by atoms with Crippen molar-refractivity contribution in [2.24, 2.45) is 0 Å². The molecule has 1 atom stereocenters. The average molecular weight is 308 g/mol. The first-order valence-corrected chi connectivity index (χ1v) is 7.78. The van der Waals surface area contributed by atoms with Gasteiger partial charge >= 0.3 is 6.18 Å². The second-order valence-electron chi connectivity index (χ2n) is 5.33. The number of halogens is 3. The van der Waals surface area contributed by atoms with Crippen LogP contribution in [0, 0.1) is 0 Å². The number of benzene rings is 1. The van der Waals surface area contributed by atoms with Crippen molar-refractivity contribution in [1.29, 1.82) is 0 Å². The molecule has 1 unspecified atom stereocenters. The topological polar surface area (TPSA) is 72.2 Å². The Balaban J connectivity index is 2.35. The predicted molar refractivity (Wildman–Crippen MR) is 71.2 cm³/mol. The Morgan fingerprint density at radius 3 is 2.50 bits per heavy atom. The fraction of sp³-hybridized carbons (Fsp3) is 0.500. The van der Waals surface area contributed by atoms with Gasteiger partial charge in [-0.2, -0.15) is 13.2 Å². The molecule has 0 amide bonds. The summed E-state index contributed by atoms with van der Waals surface area (Å²) in [6.45, 7) is 1.61. The van der Waals surface area contributed by atoms with Gasteiger partial charge in [-0.3, -0.25) is 0 Å². The first-order chi connectivity index (χ1) is 9.01. The highest BCUT2D eigenvalue weighted by atomic mass is 32.2. The van der Waals surface area contributed by atoms with Crippen LogP contribution in [0.2, 0.25) is 0 Å². The van der Waals surface area contributed by atoms with Gasteiger partial charge < -0.3 is 11.1 Å². The molecule has 1 aromatic rings. The lowest BCUT2D eigenvalue weighted by atomic mass is 10.00. The summed E-state index contributed by atoms with van der Waals surface area (Å²) in [7, 11) is -3.20. The van der Waals surface area contributed by atoms with Gasteiger partial charge in [0.1, 0.15) is 0 Å². The molecule has 0 aromatic heterocycles. The molecule has 0 spiro atoms. The minimum absolute atomic E-state index is 0.00655. The Kier molecular flexibility index (Phi) is 3.40. The number of nitrogen functional groups attached to an aromatic ring is 1. The fourth-order valence-corrected chi connectivity index (χ4v) is 4.43. The van der Waals surface area contributed by atoms with Crippen LogP contribution in [-0.4, -0.2) is 25.5 Å². The first-order valence-electron chi connectivity index (χ1n) is 5.96. The second kappa shape index (κ2) is 4.54. The van der Waals surface area contributed by atoms with Crippen molar-refractivity contribution < 1.29 is 21.6 Å². The van der Waals surface area contributed by atoms with Crippen LogP contribution in [0.5, 0.6) is 0 Å². The number of hydrogen-bond donors (Lipinski definition) is 2. The summed E-state index contributed by atoms with van der Waals surface area (Å²) in [5, 5.41) is 2.72. The molecule has 4 nitrogen and oxygen atoms in total. The van der Waals surface area contributed by atoms with Gasteiger partial charge in [0.2, 0.25) is 0 Å². The van der Waals surface area contributed by atoms with Crippen LogP contribution in [0.25, 0.3) is 0 Å². The maximum atomic E-state index is 13.0. The highest BCUT2D eigenvalue weighted by Gasteiger charge is 2.41. The van der Waals surface area contributed by atoms with Crippen LogP contribution in [0.15, 0.2) is 18.2 Å². The van der Waals surface area contributed by atoms with Crippen LogP contribution in [0.4, 0.5) is 24.5 Å². The Bertz CT molecular complexity index is 628. The van der Waals surface area contributed by atoms with Gasteiger partial charge in [0.05, 0.1) is 17.1 Å². The van der Waals surface area contributed by atoms with Crippen molar-refractivity contribution in [3.05, 3.63) is 23.8 Å². The Hall–Kier alpha value is -1.44. The van der Waals surface area contributed by atoms with Crippen molar-refractivity contribution in [1.82, 2.24) is 0 Å². The molecule has 1 fully saturated rings. The molecular weight excluding hydrogens is 293 g/mol. The third-order valence-corrected chi connectivity index (χ3v) is 5.19. The number of alkyl halides is 3. The summed E-state index contributed by atoms with van der Waals surface area (Å²) in [6.07, 6.45) is -4.28. The van der Waals surface area contributed by atoms with Crippen LogP contribution < -0.4 is 11.1 Å². The van der Waals surface area contributed by atoms with Crippen molar-refractivity contribution in [3.8, 4) is 0 Å². The second-order valence-corrected chi connectivity index (χ2v) is 7.51. The summed E-state index contributed by atoms with van der Waals surface area (Å²) in [6, 6.07) is 3.42. The smallest absolute Gasteiger partial charge is 0.399 e. The molecule has 1 heterocycles. The maximum absolute atomic E-state index is 13.0. The van der Waals surface area contributed by atoms with Crippen molar-refractivity contribution in [2.45, 2.75) is 25.1 Å². The highest BCUT2D eigenvalue weighted by molar-refractivity contribution is 7.91. The molecule has 1 aliphatic heterocycles. The van der Waals surface area contributed by atoms with E-state index in [2.05, 4.69) is 5.32 Å². The van der Waals surface area contributed by atoms with E-state index in [9.17, 15) is 21.6 Å². The Labute approximate surface area is 115 Å². The molecule has 20 heavy (non-hydrogen) atoms. The van der Waals surface area contributed by atoms with Gasteiger partial charge in [-0.15, -0.1) is 0 Å². The Morgan fingerprint density at radius 2 is 2.00 bits per heavy atom. The average Bonchev–Trinajstić information content (AvgIpc) is 2.54. The van der Waals surface area contributed by atoms with Gasteiger partial charge in [-0.1, -0.05) is 0 Å². The quantitative estimate of drug-likeness (QED) is 0.822. The molecule has 3 N–H and O–H groups in total. The van der Waals surface area contributed by atoms with Gasteiger partial charge in [-0.05, 0) is 31.5 Å². The first kappa shape index (κ1) is 15.0. The van der Waals surface area contributed by atoms with E-state index >= 15 is 0 Å². The summed E-state index contributed by atoms with van der Waals surface area (Å²) >= 11 is 0. The summed E-state index contributed by atoms with van der Waals surface area (Å²) < 4.78 is 61.9. The van der Waals surface area contributed by atoms with E-state index in [0.717, 1.165) is 6.07 Å². The standard InChI is InChI=1S/C12H15F3N2O2S/c1-11(4-5-20(18,19)7-11)17-10-3-2-8(16)6-9(10)12(13,14)15/h2-3,6,17H,4-5,7,16H2,1H3. The van der Waals surface area contributed by atoms with E-state index < -0.39 is 27.1 Å². The third kappa shape index (κ3) is 3.17. The van der Waals surface area contributed by atoms with E-state index in [1.165, 1.54) is 12.1 Å². The molecule has 1 aliphatic rings. The normalized spacial score (nSPS) is 25.6. The number of nitrogens with two attached hydrogens (primary N) is 1. The van der Waals surface area contributed by atoms with E-state index in [0.29, 0.717) is 0 Å². The van der Waals surface area contributed by atoms with Crippen LogP contribution in [-0.2, 0) is 16.0 Å². The van der Waals surface area contributed by atoms with E-state index in [4.69, 9.17) is 5.73 Å². The van der Waals surface area contributed by atoms with Gasteiger partial charge in [0.15, 0.2) is 9.84 Å². The van der Waals surface area contributed by atoms with Gasteiger partial charge in [0.25, 0.3) is 0 Å². The lowest BCUT2D eigenvalue weighted by molar-refractivity contribution is -0.136. The number of hydrogen-bond acceptors (Lipinski definition) is 4. The fourth-order valence-electron chi connectivity index (χ4n) is 2.34. The minimum atomic E-state index is -4.55. The third-order valence-electron chi connectivity index (χ3n) is 3.29. The summed E-state index contributed by atoms with van der Waals surface area (Å²) in [5.74, 6) is -0.200. The molecule has 0 saturated carbocycles. The number of nitrogens with one attached hydrogen (secondary N) is 1. The van der Waals surface area contributed by atoms with Crippen molar-refractivity contribution in [3.63, 3.8) is 0 Å². The molecule has 0 radical (unpaired) electrons. The minimum Gasteiger partial charge on any atom is -0.399 e. The van der Waals surface area contributed by atoms with Crippen LogP contribution in [0.3, 0.4) is 0 Å². The van der Waals surface area contributed by atoms with Crippen LogP contribution in [0.1, 0.15) is 18.9 Å². The molecule has 0 aliphatic carbocycles. The zero-order valence-corrected chi connectivity index (χ0v) is 11.6. The van der Waals surface area contributed by atoms with E-state index in [1.54, 1.807) is 6.92 Å². The van der Waals surface area contributed by atoms with Crippen molar-refractivity contribution >= 4 is 21.2 Å². The van der Waals surface area contributed by atoms with Crippen molar-refractivity contribution in [2.75, 3.05) is 22.6 Å². The number of sulfone groups is 1. The van der Waals surface area contributed by atoms with E-state index in [1.807, 2.05) is 0 Å². The predicted octanol–water partition coefficient (Wildman–Crippen LogP) is 2.28. The van der Waals surface area contributed by atoms with E-state index in [-0.39, 0.29) is 29.3 Å². The van der Waals surface area contributed by atoms with Gasteiger partial charge in [-0.25, -0.2) is 8.42 Å². The maximum Gasteiger partial charge on any atom is 0.418 e. The monoisotopic (exact) mass is 308 g/mol. The largest absolute Gasteiger partial charge is 0.418 e.